The van der Waals surface area contributed by atoms with Gasteiger partial charge in [0.15, 0.2) is 0 Å². The van der Waals surface area contributed by atoms with Crippen molar-refractivity contribution in [3.05, 3.63) is 71.5 Å². The Morgan fingerprint density at radius 3 is 2.64 bits per heavy atom. The smallest absolute Gasteiger partial charge is 0.00912 e. The molecule has 1 aliphatic rings. The molecule has 0 saturated heterocycles. The van der Waals surface area contributed by atoms with Gasteiger partial charge in [-0.2, -0.15) is 0 Å². The molecule has 0 fully saturated rings. The summed E-state index contributed by atoms with van der Waals surface area (Å²) in [5.41, 5.74) is 6.83. The van der Waals surface area contributed by atoms with Gasteiger partial charge in [0.05, 0.1) is 0 Å². The van der Waals surface area contributed by atoms with Crippen LogP contribution >= 0.6 is 0 Å². The first-order valence-corrected chi connectivity index (χ1v) is 4.73. The van der Waals surface area contributed by atoms with Crippen molar-refractivity contribution < 1.29 is 0 Å². The minimum Gasteiger partial charge on any atom is -0.117 e. The van der Waals surface area contributed by atoms with Gasteiger partial charge in [-0.05, 0) is 29.7 Å². The Bertz CT molecular complexity index is 438. The van der Waals surface area contributed by atoms with E-state index in [9.17, 15) is 0 Å². The van der Waals surface area contributed by atoms with Crippen molar-refractivity contribution in [2.45, 2.75) is 6.92 Å². The molecule has 1 aromatic carbocycles. The lowest BCUT2D eigenvalue weighted by Gasteiger charge is -1.98. The van der Waals surface area contributed by atoms with Crippen molar-refractivity contribution in [1.29, 1.82) is 0 Å². The molecule has 14 heavy (non-hydrogen) atoms. The van der Waals surface area contributed by atoms with E-state index in [-0.39, 0.29) is 0 Å². The van der Waals surface area contributed by atoms with Gasteiger partial charge in [-0.3, -0.25) is 0 Å². The third-order valence-corrected chi connectivity index (χ3v) is 2.18. The predicted molar refractivity (Wildman–Crippen MR) is 60.8 cm³/mol. The van der Waals surface area contributed by atoms with Crippen molar-refractivity contribution in [2.24, 2.45) is 0 Å². The van der Waals surface area contributed by atoms with Crippen molar-refractivity contribution in [2.75, 3.05) is 0 Å². The summed E-state index contributed by atoms with van der Waals surface area (Å²) in [6.45, 7) is 2.05. The Morgan fingerprint density at radius 2 is 1.86 bits per heavy atom. The van der Waals surface area contributed by atoms with Crippen LogP contribution in [0.1, 0.15) is 12.5 Å². The summed E-state index contributed by atoms with van der Waals surface area (Å²) in [7, 11) is 0. The van der Waals surface area contributed by atoms with Crippen molar-refractivity contribution >= 4 is 5.57 Å². The number of benzene rings is 1. The molecule has 0 radical (unpaired) electrons. The van der Waals surface area contributed by atoms with Crippen LogP contribution in [0.25, 0.3) is 5.57 Å². The third kappa shape index (κ3) is 1.93. The lowest BCUT2D eigenvalue weighted by molar-refractivity contribution is 1.55. The molecule has 2 rings (SSSR count). The largest absolute Gasteiger partial charge is 0.117 e. The maximum Gasteiger partial charge on any atom is -0.00912 e. The summed E-state index contributed by atoms with van der Waals surface area (Å²) in [4.78, 5) is 0. The minimum atomic E-state index is 1.16. The summed E-state index contributed by atoms with van der Waals surface area (Å²) in [5, 5.41) is 0. The van der Waals surface area contributed by atoms with Crippen LogP contribution in [0, 0.1) is 0 Å². The maximum atomic E-state index is 3.23. The average Bonchev–Trinajstić information content (AvgIpc) is 2.44. The molecule has 0 amide bonds. The molecule has 0 spiro atoms. The predicted octanol–water partition coefficient (Wildman–Crippen LogP) is 3.74. The first-order valence-electron chi connectivity index (χ1n) is 4.73. The van der Waals surface area contributed by atoms with Gasteiger partial charge in [-0.15, -0.1) is 5.73 Å². The van der Waals surface area contributed by atoms with E-state index in [0.29, 0.717) is 0 Å². The second kappa shape index (κ2) is 3.95. The van der Waals surface area contributed by atoms with Crippen LogP contribution in [0.2, 0.25) is 0 Å². The van der Waals surface area contributed by atoms with Crippen LogP contribution in [0.5, 0.6) is 0 Å². The molecule has 0 saturated carbocycles. The van der Waals surface area contributed by atoms with Crippen LogP contribution in [-0.4, -0.2) is 0 Å². The Kier molecular flexibility index (Phi) is 2.48. The molecule has 0 heteroatoms. The summed E-state index contributed by atoms with van der Waals surface area (Å²) in [6.07, 6.45) is 8.27. The molecule has 0 atom stereocenters. The highest BCUT2D eigenvalue weighted by Gasteiger charge is 1.96. The minimum absolute atomic E-state index is 1.16. The highest BCUT2D eigenvalue weighted by atomic mass is 14.0. The Hall–Kier alpha value is -1.78. The monoisotopic (exact) mass is 180 g/mol. The van der Waals surface area contributed by atoms with Gasteiger partial charge in [-0.1, -0.05) is 48.6 Å². The summed E-state index contributed by atoms with van der Waals surface area (Å²) < 4.78 is 0. The van der Waals surface area contributed by atoms with Crippen LogP contribution in [-0.2, 0) is 0 Å². The Labute approximate surface area is 84.6 Å². The molecule has 0 aromatic heterocycles. The fourth-order valence-corrected chi connectivity index (χ4v) is 1.39. The first kappa shape index (κ1) is 8.80. The van der Waals surface area contributed by atoms with E-state index in [0.717, 1.165) is 5.57 Å². The van der Waals surface area contributed by atoms with Crippen LogP contribution < -0.4 is 0 Å². The van der Waals surface area contributed by atoms with E-state index < -0.39 is 0 Å². The normalized spacial score (nSPS) is 14.6. The van der Waals surface area contributed by atoms with Crippen molar-refractivity contribution in [3.8, 4) is 0 Å². The maximum absolute atomic E-state index is 3.23. The second-order valence-electron chi connectivity index (χ2n) is 3.32. The quantitative estimate of drug-likeness (QED) is 0.577. The van der Waals surface area contributed by atoms with Gasteiger partial charge in [-0.25, -0.2) is 0 Å². The molecule has 68 valence electrons. The van der Waals surface area contributed by atoms with Crippen LogP contribution in [0.3, 0.4) is 0 Å². The molecule has 0 unspecified atom stereocenters. The lowest BCUT2D eigenvalue weighted by Crippen LogP contribution is -1.77. The van der Waals surface area contributed by atoms with Crippen LogP contribution in [0.4, 0.5) is 0 Å². The molecular formula is C14H12. The van der Waals surface area contributed by atoms with Crippen molar-refractivity contribution in [3.63, 3.8) is 0 Å². The molecule has 0 bridgehead atoms. The zero-order chi connectivity index (χ0) is 9.80. The van der Waals surface area contributed by atoms with Gasteiger partial charge < -0.3 is 0 Å². The molecule has 0 nitrogen and oxygen atoms in total. The topological polar surface area (TPSA) is 0 Å². The van der Waals surface area contributed by atoms with E-state index in [1.807, 2.05) is 12.1 Å². The number of rotatable bonds is 1. The van der Waals surface area contributed by atoms with Gasteiger partial charge in [0.1, 0.15) is 0 Å². The molecular weight excluding hydrogens is 168 g/mol. The molecule has 0 heterocycles. The van der Waals surface area contributed by atoms with E-state index in [1.165, 1.54) is 11.1 Å². The fraction of sp³-hybridized carbons (Fsp3) is 0.0714. The summed E-state index contributed by atoms with van der Waals surface area (Å²) in [5.74, 6) is 0. The zero-order valence-electron chi connectivity index (χ0n) is 8.20. The van der Waals surface area contributed by atoms with Gasteiger partial charge in [0, 0.05) is 0 Å². The molecule has 0 aliphatic heterocycles. The third-order valence-electron chi connectivity index (χ3n) is 2.18. The standard InChI is InChI=1S/C14H12/c1-12-6-5-9-14(11-10-12)13-7-3-2-4-8-13/h2-9,11H,1H3. The van der Waals surface area contributed by atoms with Crippen LogP contribution in [0.15, 0.2) is 65.9 Å². The highest BCUT2D eigenvalue weighted by molar-refractivity contribution is 5.75. The Morgan fingerprint density at radius 1 is 1.07 bits per heavy atom. The Balaban J connectivity index is 2.43. The highest BCUT2D eigenvalue weighted by Crippen LogP contribution is 2.17. The molecule has 0 N–H and O–H groups in total. The van der Waals surface area contributed by atoms with E-state index >= 15 is 0 Å². The van der Waals surface area contributed by atoms with Gasteiger partial charge >= 0.3 is 0 Å². The van der Waals surface area contributed by atoms with Crippen molar-refractivity contribution in [1.82, 2.24) is 0 Å². The van der Waals surface area contributed by atoms with E-state index in [4.69, 9.17) is 0 Å². The van der Waals surface area contributed by atoms with E-state index in [1.54, 1.807) is 0 Å². The number of hydrogen-bond acceptors (Lipinski definition) is 0. The SMILES string of the molecule is CC1=C=CC(c2ccccc2)=CC=C1. The lowest BCUT2D eigenvalue weighted by atomic mass is 10.1. The van der Waals surface area contributed by atoms with Gasteiger partial charge in [0.2, 0.25) is 0 Å². The van der Waals surface area contributed by atoms with Gasteiger partial charge in [0.25, 0.3) is 0 Å². The number of allylic oxidation sites excluding steroid dienone is 5. The molecule has 1 aromatic rings. The summed E-state index contributed by atoms with van der Waals surface area (Å²) >= 11 is 0. The number of hydrogen-bond donors (Lipinski definition) is 0. The van der Waals surface area contributed by atoms with E-state index in [2.05, 4.69) is 55.1 Å². The zero-order valence-corrected chi connectivity index (χ0v) is 8.20. The molecule has 1 aliphatic carbocycles. The first-order chi connectivity index (χ1) is 6.86. The average molecular weight is 180 g/mol. The fourth-order valence-electron chi connectivity index (χ4n) is 1.39. The second-order valence-corrected chi connectivity index (χ2v) is 3.32. The summed E-state index contributed by atoms with van der Waals surface area (Å²) in [6, 6.07) is 10.3.